The number of hydrogen-bond acceptors (Lipinski definition) is 5. The van der Waals surface area contributed by atoms with Gasteiger partial charge in [0.25, 0.3) is 11.8 Å². The van der Waals surface area contributed by atoms with Crippen LogP contribution in [0.2, 0.25) is 5.02 Å². The molecule has 2 heterocycles. The van der Waals surface area contributed by atoms with Crippen LogP contribution in [-0.4, -0.2) is 50.7 Å². The van der Waals surface area contributed by atoms with E-state index in [4.69, 9.17) is 11.6 Å². The van der Waals surface area contributed by atoms with E-state index in [2.05, 4.69) is 10.3 Å². The molecule has 1 aromatic heterocycles. The molecule has 5 rings (SSSR count). The summed E-state index contributed by atoms with van der Waals surface area (Å²) in [5.41, 5.74) is 5.49. The summed E-state index contributed by atoms with van der Waals surface area (Å²) in [4.78, 5) is 31.7. The number of aliphatic hydroxyl groups excluding tert-OH is 2. The number of aromatic nitrogens is 1. The van der Waals surface area contributed by atoms with Gasteiger partial charge in [0.2, 0.25) is 0 Å². The van der Waals surface area contributed by atoms with Crippen molar-refractivity contribution in [3.8, 4) is 22.4 Å². The van der Waals surface area contributed by atoms with Crippen molar-refractivity contribution in [2.45, 2.75) is 37.6 Å². The molecule has 3 atom stereocenters. The average Bonchev–Trinajstić information content (AvgIpc) is 3.50. The van der Waals surface area contributed by atoms with Gasteiger partial charge in [-0.3, -0.25) is 14.6 Å². The summed E-state index contributed by atoms with van der Waals surface area (Å²) in [7, 11) is 0. The largest absolute Gasteiger partial charge is 0.380 e. The maximum absolute atomic E-state index is 13.0. The van der Waals surface area contributed by atoms with Gasteiger partial charge in [-0.15, -0.1) is 0 Å². The molecule has 3 aromatic carbocycles. The van der Waals surface area contributed by atoms with Crippen LogP contribution in [0.1, 0.15) is 30.0 Å². The van der Waals surface area contributed by atoms with E-state index in [0.29, 0.717) is 23.6 Å². The lowest BCUT2D eigenvalue weighted by Gasteiger charge is -2.28. The van der Waals surface area contributed by atoms with Gasteiger partial charge < -0.3 is 20.4 Å². The summed E-state index contributed by atoms with van der Waals surface area (Å²) in [5.74, 6) is -1.52. The Balaban J connectivity index is 1.20. The predicted octanol–water partition coefficient (Wildman–Crippen LogP) is 4.77. The van der Waals surface area contributed by atoms with Crippen molar-refractivity contribution >= 4 is 23.4 Å². The summed E-state index contributed by atoms with van der Waals surface area (Å²) >= 11 is 6.11. The molecule has 7 nitrogen and oxygen atoms in total. The maximum atomic E-state index is 13.0. The summed E-state index contributed by atoms with van der Waals surface area (Å²) in [5, 5.41) is 24.2. The highest BCUT2D eigenvalue weighted by Crippen LogP contribution is 2.34. The Morgan fingerprint density at radius 3 is 2.40 bits per heavy atom. The van der Waals surface area contributed by atoms with E-state index in [1.807, 2.05) is 72.8 Å². The number of nitrogens with zero attached hydrogens (tertiary/aromatic N) is 2. The van der Waals surface area contributed by atoms with Crippen molar-refractivity contribution in [1.29, 1.82) is 0 Å². The van der Waals surface area contributed by atoms with Gasteiger partial charge in [0, 0.05) is 29.9 Å². The minimum atomic E-state index is -1.90. The van der Waals surface area contributed by atoms with E-state index >= 15 is 0 Å². The number of likely N-dealkylation sites (tertiary alicyclic amines) is 1. The van der Waals surface area contributed by atoms with Crippen LogP contribution in [0, 0.1) is 0 Å². The highest BCUT2D eigenvalue weighted by molar-refractivity contribution is 6.30. The first-order valence-corrected chi connectivity index (χ1v) is 13.6. The Hall–Kier alpha value is -4.04. The number of carbonyl (C=O) groups is 2. The van der Waals surface area contributed by atoms with E-state index in [1.165, 1.54) is 4.90 Å². The predicted molar refractivity (Wildman–Crippen MR) is 154 cm³/mol. The first-order chi connectivity index (χ1) is 19.4. The van der Waals surface area contributed by atoms with Crippen LogP contribution < -0.4 is 5.32 Å². The Morgan fingerprint density at radius 1 is 0.925 bits per heavy atom. The normalized spacial score (nSPS) is 16.4. The van der Waals surface area contributed by atoms with Crippen molar-refractivity contribution in [2.24, 2.45) is 0 Å². The second-order valence-corrected chi connectivity index (χ2v) is 10.3. The SMILES string of the molecule is O=C(NCc1ccc(-c2ccccc2-c2ccccc2)nc1)[C@H](O)[C@@H](O)C(=O)N1CCCC1c1cccc(Cl)c1. The van der Waals surface area contributed by atoms with Gasteiger partial charge in [0.1, 0.15) is 0 Å². The maximum Gasteiger partial charge on any atom is 0.255 e. The van der Waals surface area contributed by atoms with Gasteiger partial charge in [-0.2, -0.15) is 0 Å². The Labute approximate surface area is 238 Å². The minimum Gasteiger partial charge on any atom is -0.380 e. The molecular weight excluding hydrogens is 526 g/mol. The molecular formula is C32H30ClN3O4. The number of halogens is 1. The number of rotatable bonds is 8. The lowest BCUT2D eigenvalue weighted by molar-refractivity contribution is -0.153. The number of hydrogen-bond donors (Lipinski definition) is 3. The molecule has 0 spiro atoms. The highest BCUT2D eigenvalue weighted by atomic mass is 35.5. The molecule has 2 amide bonds. The molecule has 3 N–H and O–H groups in total. The summed E-state index contributed by atoms with van der Waals surface area (Å²) in [6.45, 7) is 0.506. The van der Waals surface area contributed by atoms with Crippen molar-refractivity contribution in [1.82, 2.24) is 15.2 Å². The number of amides is 2. The lowest BCUT2D eigenvalue weighted by atomic mass is 9.97. The zero-order valence-electron chi connectivity index (χ0n) is 21.8. The fourth-order valence-electron chi connectivity index (χ4n) is 5.10. The molecule has 8 heteroatoms. The topological polar surface area (TPSA) is 103 Å². The Bertz CT molecular complexity index is 1480. The van der Waals surface area contributed by atoms with Crippen molar-refractivity contribution in [3.63, 3.8) is 0 Å². The summed E-state index contributed by atoms with van der Waals surface area (Å²) in [6.07, 6.45) is -0.671. The molecule has 1 unspecified atom stereocenters. The molecule has 0 bridgehead atoms. The van der Waals surface area contributed by atoms with Gasteiger partial charge in [-0.05, 0) is 53.3 Å². The number of carbonyl (C=O) groups excluding carboxylic acids is 2. The Morgan fingerprint density at radius 2 is 1.68 bits per heavy atom. The van der Waals surface area contributed by atoms with Crippen molar-refractivity contribution in [3.05, 3.63) is 113 Å². The fourth-order valence-corrected chi connectivity index (χ4v) is 5.30. The van der Waals surface area contributed by atoms with Gasteiger partial charge in [0.05, 0.1) is 11.7 Å². The van der Waals surface area contributed by atoms with Gasteiger partial charge in [-0.1, -0.05) is 84.4 Å². The molecule has 1 saturated heterocycles. The molecule has 0 saturated carbocycles. The molecule has 4 aromatic rings. The van der Waals surface area contributed by atoms with Crippen LogP contribution >= 0.6 is 11.6 Å². The Kier molecular flexibility index (Phi) is 8.55. The van der Waals surface area contributed by atoms with Gasteiger partial charge in [0.15, 0.2) is 12.2 Å². The van der Waals surface area contributed by atoms with Crippen molar-refractivity contribution in [2.75, 3.05) is 6.54 Å². The quantitative estimate of drug-likeness (QED) is 0.291. The number of benzene rings is 3. The molecule has 0 radical (unpaired) electrons. The molecule has 0 aliphatic carbocycles. The monoisotopic (exact) mass is 555 g/mol. The van der Waals surface area contributed by atoms with Crippen LogP contribution in [0.5, 0.6) is 0 Å². The number of pyridine rings is 1. The zero-order valence-corrected chi connectivity index (χ0v) is 22.5. The lowest BCUT2D eigenvalue weighted by Crippen LogP contribution is -2.50. The third-order valence-corrected chi connectivity index (χ3v) is 7.40. The third kappa shape index (κ3) is 6.07. The summed E-state index contributed by atoms with van der Waals surface area (Å²) < 4.78 is 0. The zero-order chi connectivity index (χ0) is 28.1. The van der Waals surface area contributed by atoms with Crippen LogP contribution in [0.3, 0.4) is 0 Å². The third-order valence-electron chi connectivity index (χ3n) is 7.17. The first-order valence-electron chi connectivity index (χ1n) is 13.2. The fraction of sp³-hybridized carbons (Fsp3) is 0.219. The average molecular weight is 556 g/mol. The molecule has 1 fully saturated rings. The van der Waals surface area contributed by atoms with Crippen molar-refractivity contribution < 1.29 is 19.8 Å². The standard InChI is InChI=1S/C32H30ClN3O4/c33-24-11-6-10-23(18-24)28-14-7-17-36(28)32(40)30(38)29(37)31(39)35-20-21-15-16-27(34-19-21)26-13-5-4-12-25(26)22-8-2-1-3-9-22/h1-6,8-13,15-16,18-19,28-30,37-38H,7,14,17,20H2,(H,35,39)/t28?,29-,30-/m1/s1. The van der Waals surface area contributed by atoms with E-state index in [0.717, 1.165) is 34.4 Å². The van der Waals surface area contributed by atoms with Crippen LogP contribution in [-0.2, 0) is 16.1 Å². The second-order valence-electron chi connectivity index (χ2n) is 9.82. The first kappa shape index (κ1) is 27.5. The van der Waals surface area contributed by atoms with Crippen LogP contribution in [0.15, 0.2) is 97.2 Å². The molecule has 204 valence electrons. The molecule has 1 aliphatic rings. The smallest absolute Gasteiger partial charge is 0.255 e. The number of nitrogens with one attached hydrogen (secondary N) is 1. The van der Waals surface area contributed by atoms with Crippen LogP contribution in [0.4, 0.5) is 0 Å². The highest BCUT2D eigenvalue weighted by Gasteiger charge is 2.38. The van der Waals surface area contributed by atoms with Crippen LogP contribution in [0.25, 0.3) is 22.4 Å². The van der Waals surface area contributed by atoms with E-state index in [-0.39, 0.29) is 12.6 Å². The molecule has 1 aliphatic heterocycles. The minimum absolute atomic E-state index is 0.0826. The van der Waals surface area contributed by atoms with E-state index in [9.17, 15) is 19.8 Å². The summed E-state index contributed by atoms with van der Waals surface area (Å²) in [6, 6.07) is 28.7. The van der Waals surface area contributed by atoms with Gasteiger partial charge >= 0.3 is 0 Å². The van der Waals surface area contributed by atoms with E-state index in [1.54, 1.807) is 24.4 Å². The molecule has 40 heavy (non-hydrogen) atoms. The van der Waals surface area contributed by atoms with Gasteiger partial charge in [-0.25, -0.2) is 0 Å². The second kappa shape index (κ2) is 12.4. The van der Waals surface area contributed by atoms with E-state index < -0.39 is 24.0 Å². The number of aliphatic hydroxyl groups is 2.